The molecule has 8 rings (SSSR count). The molecule has 5 heteroatoms. The molecular formula is C40H28N4S. The van der Waals surface area contributed by atoms with Crippen LogP contribution in [0.4, 0.5) is 0 Å². The molecule has 0 fully saturated rings. The van der Waals surface area contributed by atoms with Crippen LogP contribution in [0.15, 0.2) is 145 Å². The summed E-state index contributed by atoms with van der Waals surface area (Å²) < 4.78 is 5.01. The fourth-order valence-corrected chi connectivity index (χ4v) is 7.45. The predicted molar refractivity (Wildman–Crippen MR) is 188 cm³/mol. The van der Waals surface area contributed by atoms with Gasteiger partial charge in [0.15, 0.2) is 0 Å². The molecule has 0 radical (unpaired) electrons. The Morgan fingerprint density at radius 2 is 1.49 bits per heavy atom. The highest BCUT2D eigenvalue weighted by Crippen LogP contribution is 2.42. The maximum Gasteiger partial charge on any atom is 0.125 e. The van der Waals surface area contributed by atoms with Crippen molar-refractivity contribution in [1.29, 1.82) is 5.26 Å². The van der Waals surface area contributed by atoms with Crippen molar-refractivity contribution in [2.45, 2.75) is 12.7 Å². The maximum atomic E-state index is 9.31. The zero-order chi connectivity index (χ0) is 30.2. The van der Waals surface area contributed by atoms with E-state index in [0.29, 0.717) is 12.1 Å². The Kier molecular flexibility index (Phi) is 6.92. The first-order valence-electron chi connectivity index (χ1n) is 15.0. The van der Waals surface area contributed by atoms with Crippen molar-refractivity contribution in [3.05, 3.63) is 162 Å². The molecule has 0 bridgehead atoms. The highest BCUT2D eigenvalue weighted by molar-refractivity contribution is 7.26. The van der Waals surface area contributed by atoms with Crippen LogP contribution in [0, 0.1) is 11.3 Å². The van der Waals surface area contributed by atoms with E-state index in [4.69, 9.17) is 4.99 Å². The summed E-state index contributed by atoms with van der Waals surface area (Å²) in [5.41, 5.74) is 7.37. The Morgan fingerprint density at radius 1 is 0.733 bits per heavy atom. The van der Waals surface area contributed by atoms with Gasteiger partial charge in [-0.3, -0.25) is 10.3 Å². The van der Waals surface area contributed by atoms with E-state index in [1.165, 1.54) is 47.5 Å². The van der Waals surface area contributed by atoms with Gasteiger partial charge in [-0.25, -0.2) is 0 Å². The van der Waals surface area contributed by atoms with Crippen LogP contribution in [0.5, 0.6) is 0 Å². The van der Waals surface area contributed by atoms with Gasteiger partial charge in [-0.05, 0) is 53.1 Å². The summed E-state index contributed by atoms with van der Waals surface area (Å²) >= 11 is 1.86. The van der Waals surface area contributed by atoms with Crippen LogP contribution in [0.25, 0.3) is 47.7 Å². The van der Waals surface area contributed by atoms with Crippen molar-refractivity contribution in [1.82, 2.24) is 9.88 Å². The third-order valence-electron chi connectivity index (χ3n) is 8.38. The summed E-state index contributed by atoms with van der Waals surface area (Å²) in [5.74, 6) is 0. The Labute approximate surface area is 265 Å². The molecule has 0 aliphatic carbocycles. The normalized spacial score (nSPS) is 12.4. The van der Waals surface area contributed by atoms with Gasteiger partial charge in [-0.15, -0.1) is 11.3 Å². The van der Waals surface area contributed by atoms with E-state index in [2.05, 4.69) is 113 Å². The SMILES string of the molecule is N#Cc1ccc([C@@H](N=Cc2cccc(-n3c4ccccc4c4ccc5c6ccccc6sc5c43)c2)NCc2ccccc2)cc1. The van der Waals surface area contributed by atoms with E-state index in [0.717, 1.165) is 16.8 Å². The summed E-state index contributed by atoms with van der Waals surface area (Å²) in [6, 6.07) is 50.7. The minimum atomic E-state index is -0.270. The van der Waals surface area contributed by atoms with Gasteiger partial charge < -0.3 is 4.57 Å². The lowest BCUT2D eigenvalue weighted by atomic mass is 10.1. The Hall–Kier alpha value is -5.54. The van der Waals surface area contributed by atoms with E-state index in [1.807, 2.05) is 60.0 Å². The molecule has 1 atom stereocenters. The third-order valence-corrected chi connectivity index (χ3v) is 9.57. The van der Waals surface area contributed by atoms with Crippen molar-refractivity contribution in [2.75, 3.05) is 0 Å². The molecule has 6 aromatic carbocycles. The van der Waals surface area contributed by atoms with Gasteiger partial charge in [-0.1, -0.05) is 103 Å². The summed E-state index contributed by atoms with van der Waals surface area (Å²) in [6.07, 6.45) is 1.68. The number of nitriles is 1. The van der Waals surface area contributed by atoms with Crippen molar-refractivity contribution >= 4 is 59.5 Å². The smallest absolute Gasteiger partial charge is 0.125 e. The number of para-hydroxylation sites is 1. The van der Waals surface area contributed by atoms with Crippen LogP contribution in [-0.2, 0) is 6.54 Å². The van der Waals surface area contributed by atoms with Crippen LogP contribution in [0.2, 0.25) is 0 Å². The molecule has 0 saturated heterocycles. The molecule has 0 aliphatic heterocycles. The second-order valence-electron chi connectivity index (χ2n) is 11.2. The largest absolute Gasteiger partial charge is 0.308 e. The van der Waals surface area contributed by atoms with E-state index in [-0.39, 0.29) is 6.17 Å². The molecule has 0 amide bonds. The molecule has 8 aromatic rings. The fourth-order valence-electron chi connectivity index (χ4n) is 6.21. The summed E-state index contributed by atoms with van der Waals surface area (Å²) in [7, 11) is 0. The molecule has 0 unspecified atom stereocenters. The van der Waals surface area contributed by atoms with Gasteiger partial charge in [0.1, 0.15) is 6.17 Å². The van der Waals surface area contributed by atoms with Crippen LogP contribution >= 0.6 is 11.3 Å². The molecule has 214 valence electrons. The minimum absolute atomic E-state index is 0.270. The molecular weight excluding hydrogens is 569 g/mol. The van der Waals surface area contributed by atoms with Gasteiger partial charge in [0.05, 0.1) is 27.4 Å². The van der Waals surface area contributed by atoms with Crippen molar-refractivity contribution < 1.29 is 0 Å². The lowest BCUT2D eigenvalue weighted by Gasteiger charge is -2.16. The standard InChI is InChI=1S/C40H28N4S/c41-24-27-17-19-30(20-18-27)40(42-25-28-9-2-1-3-10-28)43-26-29-11-8-12-31(23-29)44-36-15-6-4-13-32(36)34-21-22-35-33-14-5-7-16-37(33)45-39(35)38(34)44/h1-23,26,40,42H,25H2/t40-/m1/s1. The van der Waals surface area contributed by atoms with Gasteiger partial charge in [0, 0.05) is 44.7 Å². The number of thiophene rings is 1. The highest BCUT2D eigenvalue weighted by Gasteiger charge is 2.17. The summed E-state index contributed by atoms with van der Waals surface area (Å²) in [4.78, 5) is 5.03. The lowest BCUT2D eigenvalue weighted by Crippen LogP contribution is -2.19. The summed E-state index contributed by atoms with van der Waals surface area (Å²) in [6.45, 7) is 0.676. The Balaban J connectivity index is 1.22. The van der Waals surface area contributed by atoms with Gasteiger partial charge in [0.2, 0.25) is 0 Å². The quantitative estimate of drug-likeness (QED) is 0.186. The van der Waals surface area contributed by atoms with E-state index in [1.54, 1.807) is 0 Å². The van der Waals surface area contributed by atoms with Crippen LogP contribution in [-0.4, -0.2) is 10.8 Å². The molecule has 0 aliphatic rings. The second-order valence-corrected chi connectivity index (χ2v) is 12.2. The number of hydrogen-bond acceptors (Lipinski definition) is 4. The number of aromatic nitrogens is 1. The first-order valence-corrected chi connectivity index (χ1v) is 15.8. The van der Waals surface area contributed by atoms with Crippen molar-refractivity contribution in [3.8, 4) is 11.8 Å². The van der Waals surface area contributed by atoms with Crippen molar-refractivity contribution in [2.24, 2.45) is 4.99 Å². The lowest BCUT2D eigenvalue weighted by molar-refractivity contribution is 0.556. The fraction of sp³-hybridized carbons (Fsp3) is 0.0500. The molecule has 2 aromatic heterocycles. The molecule has 2 heterocycles. The third kappa shape index (κ3) is 4.97. The number of rotatable bonds is 7. The molecule has 45 heavy (non-hydrogen) atoms. The number of fused-ring (bicyclic) bond motifs is 7. The zero-order valence-corrected chi connectivity index (χ0v) is 25.2. The topological polar surface area (TPSA) is 53.1 Å². The van der Waals surface area contributed by atoms with Crippen molar-refractivity contribution in [3.63, 3.8) is 0 Å². The number of aliphatic imine (C=N–C) groups is 1. The molecule has 1 N–H and O–H groups in total. The molecule has 4 nitrogen and oxygen atoms in total. The molecule has 0 spiro atoms. The van der Waals surface area contributed by atoms with Crippen LogP contribution < -0.4 is 5.32 Å². The molecule has 0 saturated carbocycles. The average Bonchev–Trinajstić information content (AvgIpc) is 3.65. The highest BCUT2D eigenvalue weighted by atomic mass is 32.1. The average molecular weight is 597 g/mol. The maximum absolute atomic E-state index is 9.31. The van der Waals surface area contributed by atoms with Crippen LogP contribution in [0.1, 0.15) is 28.4 Å². The van der Waals surface area contributed by atoms with E-state index < -0.39 is 0 Å². The van der Waals surface area contributed by atoms with E-state index in [9.17, 15) is 5.26 Å². The number of nitrogens with one attached hydrogen (secondary N) is 1. The van der Waals surface area contributed by atoms with E-state index >= 15 is 0 Å². The summed E-state index contributed by atoms with van der Waals surface area (Å²) in [5, 5.41) is 18.0. The first-order chi connectivity index (χ1) is 22.3. The minimum Gasteiger partial charge on any atom is -0.308 e. The Morgan fingerprint density at radius 3 is 2.33 bits per heavy atom. The van der Waals surface area contributed by atoms with Crippen LogP contribution in [0.3, 0.4) is 0 Å². The van der Waals surface area contributed by atoms with Gasteiger partial charge in [-0.2, -0.15) is 5.26 Å². The van der Waals surface area contributed by atoms with Gasteiger partial charge >= 0.3 is 0 Å². The first kappa shape index (κ1) is 27.0. The number of hydrogen-bond donors (Lipinski definition) is 1. The number of nitrogens with zero attached hydrogens (tertiary/aromatic N) is 3. The second kappa shape index (κ2) is 11.5. The zero-order valence-electron chi connectivity index (χ0n) is 24.4. The monoisotopic (exact) mass is 596 g/mol. The van der Waals surface area contributed by atoms with Gasteiger partial charge in [0.25, 0.3) is 0 Å². The number of benzene rings is 6. The Bertz CT molecular complexity index is 2390. The predicted octanol–water partition coefficient (Wildman–Crippen LogP) is 9.93.